The van der Waals surface area contributed by atoms with E-state index in [1.807, 2.05) is 12.2 Å². The molecule has 3 amide bonds. The molecule has 3 rings (SSSR count). The summed E-state index contributed by atoms with van der Waals surface area (Å²) in [6, 6.07) is -2.06. The van der Waals surface area contributed by atoms with Crippen LogP contribution in [0.15, 0.2) is 12.2 Å². The van der Waals surface area contributed by atoms with E-state index >= 15 is 0 Å². The molecule has 1 saturated heterocycles. The van der Waals surface area contributed by atoms with Crippen molar-refractivity contribution in [3.05, 3.63) is 12.2 Å². The van der Waals surface area contributed by atoms with Crippen LogP contribution in [0, 0.1) is 23.7 Å². The SMILES string of the molecule is C[C@H](NC(=O)[C@H](C)N1C(=O)[C@H]2[C@H](C1=O)[C@H]1C=C[C@H]2C1)C(=O)O. The first-order valence-corrected chi connectivity index (χ1v) is 7.41. The Balaban J connectivity index is 1.76. The minimum atomic E-state index is -1.17. The Kier molecular flexibility index (Phi) is 3.30. The van der Waals surface area contributed by atoms with E-state index in [0.717, 1.165) is 11.3 Å². The molecule has 1 heterocycles. The molecule has 2 bridgehead atoms. The molecule has 0 unspecified atom stereocenters. The molecule has 2 N–H and O–H groups in total. The number of aliphatic carboxylic acids is 1. The molecule has 3 aliphatic rings. The normalized spacial score (nSPS) is 34.7. The van der Waals surface area contributed by atoms with Gasteiger partial charge in [-0.25, -0.2) is 0 Å². The van der Waals surface area contributed by atoms with Crippen molar-refractivity contribution >= 4 is 23.7 Å². The van der Waals surface area contributed by atoms with Crippen LogP contribution in [-0.4, -0.2) is 45.8 Å². The smallest absolute Gasteiger partial charge is 0.325 e. The number of fused-ring (bicyclic) bond motifs is 5. The van der Waals surface area contributed by atoms with Gasteiger partial charge in [-0.3, -0.25) is 24.1 Å². The van der Waals surface area contributed by atoms with E-state index < -0.39 is 24.0 Å². The van der Waals surface area contributed by atoms with Crippen molar-refractivity contribution in [1.82, 2.24) is 10.2 Å². The molecule has 2 aliphatic carbocycles. The summed E-state index contributed by atoms with van der Waals surface area (Å²) >= 11 is 0. The second-order valence-electron chi connectivity index (χ2n) is 6.29. The minimum Gasteiger partial charge on any atom is -0.480 e. The van der Waals surface area contributed by atoms with Crippen LogP contribution >= 0.6 is 0 Å². The Bertz CT molecular complexity index is 569. The standard InChI is InChI=1S/C15H18N2O5/c1-6(15(21)22)16-12(18)7(2)17-13(19)10-8-3-4-9(5-8)11(10)14(17)20/h3-4,6-11H,5H2,1-2H3,(H,16,18)(H,21,22)/t6-,7-,8-,9-,10+,11+/m0/s1. The summed E-state index contributed by atoms with van der Waals surface area (Å²) in [5.41, 5.74) is 0. The van der Waals surface area contributed by atoms with Crippen molar-refractivity contribution in [2.45, 2.75) is 32.4 Å². The number of amides is 3. The highest BCUT2D eigenvalue weighted by Crippen LogP contribution is 2.52. The molecule has 0 radical (unpaired) electrons. The number of nitrogens with one attached hydrogen (secondary N) is 1. The van der Waals surface area contributed by atoms with Crippen molar-refractivity contribution in [1.29, 1.82) is 0 Å². The number of carboxylic acids is 1. The van der Waals surface area contributed by atoms with Crippen LogP contribution in [0.5, 0.6) is 0 Å². The van der Waals surface area contributed by atoms with Crippen LogP contribution < -0.4 is 5.32 Å². The quantitative estimate of drug-likeness (QED) is 0.551. The van der Waals surface area contributed by atoms with Gasteiger partial charge < -0.3 is 10.4 Å². The maximum Gasteiger partial charge on any atom is 0.325 e. The molecule has 0 aromatic carbocycles. The van der Waals surface area contributed by atoms with E-state index in [1.54, 1.807) is 0 Å². The van der Waals surface area contributed by atoms with Crippen molar-refractivity contribution in [2.75, 3.05) is 0 Å². The summed E-state index contributed by atoms with van der Waals surface area (Å²) in [6.45, 7) is 2.79. The van der Waals surface area contributed by atoms with Crippen LogP contribution in [0.3, 0.4) is 0 Å². The number of carbonyl (C=O) groups is 4. The Morgan fingerprint density at radius 3 is 2.14 bits per heavy atom. The maximum atomic E-state index is 12.5. The molecule has 6 atom stereocenters. The average molecular weight is 306 g/mol. The number of nitrogens with zero attached hydrogens (tertiary/aromatic N) is 1. The van der Waals surface area contributed by atoms with Crippen molar-refractivity contribution in [3.63, 3.8) is 0 Å². The first-order chi connectivity index (χ1) is 10.3. The Morgan fingerprint density at radius 1 is 1.18 bits per heavy atom. The first kappa shape index (κ1) is 14.7. The van der Waals surface area contributed by atoms with Gasteiger partial charge in [0.25, 0.3) is 0 Å². The molecule has 0 aromatic heterocycles. The molecule has 118 valence electrons. The molecule has 1 saturated carbocycles. The number of imide groups is 1. The number of likely N-dealkylation sites (tertiary alicyclic amines) is 1. The third-order valence-corrected chi connectivity index (χ3v) is 5.00. The summed E-state index contributed by atoms with van der Waals surface area (Å²) in [7, 11) is 0. The van der Waals surface area contributed by atoms with Crippen molar-refractivity contribution in [2.24, 2.45) is 23.7 Å². The van der Waals surface area contributed by atoms with Gasteiger partial charge in [0.1, 0.15) is 12.1 Å². The third kappa shape index (κ3) is 1.95. The molecular weight excluding hydrogens is 288 g/mol. The van der Waals surface area contributed by atoms with Crippen LogP contribution in [0.25, 0.3) is 0 Å². The van der Waals surface area contributed by atoms with Crippen LogP contribution in [0.2, 0.25) is 0 Å². The summed E-state index contributed by atoms with van der Waals surface area (Å²) in [5, 5.41) is 11.1. The Morgan fingerprint density at radius 2 is 1.68 bits per heavy atom. The van der Waals surface area contributed by atoms with E-state index in [2.05, 4.69) is 5.32 Å². The zero-order chi connectivity index (χ0) is 16.2. The van der Waals surface area contributed by atoms with Gasteiger partial charge in [-0.05, 0) is 32.1 Å². The predicted octanol–water partition coefficient (Wildman–Crippen LogP) is -0.229. The largest absolute Gasteiger partial charge is 0.480 e. The van der Waals surface area contributed by atoms with Crippen molar-refractivity contribution in [3.8, 4) is 0 Å². The second kappa shape index (κ2) is 4.93. The number of allylic oxidation sites excluding steroid dienone is 2. The van der Waals surface area contributed by atoms with E-state index in [9.17, 15) is 19.2 Å². The van der Waals surface area contributed by atoms with Gasteiger partial charge in [-0.15, -0.1) is 0 Å². The predicted molar refractivity (Wildman–Crippen MR) is 74.3 cm³/mol. The lowest BCUT2D eigenvalue weighted by Crippen LogP contribution is -2.52. The summed E-state index contributed by atoms with van der Waals surface area (Å²) < 4.78 is 0. The fraction of sp³-hybridized carbons (Fsp3) is 0.600. The lowest BCUT2D eigenvalue weighted by Gasteiger charge is -2.24. The van der Waals surface area contributed by atoms with E-state index in [4.69, 9.17) is 5.11 Å². The molecule has 2 fully saturated rings. The van der Waals surface area contributed by atoms with Crippen molar-refractivity contribution < 1.29 is 24.3 Å². The minimum absolute atomic E-state index is 0.0876. The molecule has 0 aromatic rings. The third-order valence-electron chi connectivity index (χ3n) is 5.00. The van der Waals surface area contributed by atoms with Gasteiger partial charge >= 0.3 is 5.97 Å². The number of hydrogen-bond acceptors (Lipinski definition) is 4. The number of rotatable bonds is 4. The van der Waals surface area contributed by atoms with Gasteiger partial charge in [0, 0.05) is 0 Å². The first-order valence-electron chi connectivity index (χ1n) is 7.41. The Labute approximate surface area is 127 Å². The summed E-state index contributed by atoms with van der Waals surface area (Å²) in [4.78, 5) is 49.0. The molecule has 22 heavy (non-hydrogen) atoms. The highest BCUT2D eigenvalue weighted by atomic mass is 16.4. The zero-order valence-electron chi connectivity index (χ0n) is 12.4. The van der Waals surface area contributed by atoms with Gasteiger partial charge in [0.05, 0.1) is 11.8 Å². The number of hydrogen-bond donors (Lipinski definition) is 2. The van der Waals surface area contributed by atoms with Gasteiger partial charge in [0.15, 0.2) is 0 Å². The fourth-order valence-corrected chi connectivity index (χ4v) is 3.82. The number of carbonyl (C=O) groups excluding carboxylic acids is 3. The highest BCUT2D eigenvalue weighted by Gasteiger charge is 2.60. The van der Waals surface area contributed by atoms with Gasteiger partial charge in [-0.1, -0.05) is 12.2 Å². The molecule has 7 heteroatoms. The average Bonchev–Trinajstić information content (AvgIpc) is 3.12. The lowest BCUT2D eigenvalue weighted by atomic mass is 9.85. The number of carboxylic acid groups (broad SMARTS) is 1. The second-order valence-corrected chi connectivity index (χ2v) is 6.29. The topological polar surface area (TPSA) is 104 Å². The van der Waals surface area contributed by atoms with E-state index in [0.29, 0.717) is 0 Å². The van der Waals surface area contributed by atoms with Crippen LogP contribution in [0.1, 0.15) is 20.3 Å². The van der Waals surface area contributed by atoms with Crippen LogP contribution in [0.4, 0.5) is 0 Å². The van der Waals surface area contributed by atoms with E-state index in [-0.39, 0.29) is 35.5 Å². The molecule has 1 aliphatic heterocycles. The zero-order valence-corrected chi connectivity index (χ0v) is 12.4. The summed E-state index contributed by atoms with van der Waals surface area (Å²) in [5.74, 6) is -2.94. The van der Waals surface area contributed by atoms with E-state index in [1.165, 1.54) is 13.8 Å². The van der Waals surface area contributed by atoms with Gasteiger partial charge in [0.2, 0.25) is 17.7 Å². The molecule has 7 nitrogen and oxygen atoms in total. The van der Waals surface area contributed by atoms with Gasteiger partial charge in [-0.2, -0.15) is 0 Å². The Hall–Kier alpha value is -2.18. The lowest BCUT2D eigenvalue weighted by molar-refractivity contribution is -0.148. The monoisotopic (exact) mass is 306 g/mol. The molecular formula is C15H18N2O5. The maximum absolute atomic E-state index is 12.5. The fourth-order valence-electron chi connectivity index (χ4n) is 3.82. The molecule has 0 spiro atoms. The summed E-state index contributed by atoms with van der Waals surface area (Å²) in [6.07, 6.45) is 4.80. The highest BCUT2D eigenvalue weighted by molar-refractivity contribution is 6.09. The van der Waals surface area contributed by atoms with Crippen LogP contribution in [-0.2, 0) is 19.2 Å².